The molecule has 1 aromatic carbocycles. The third kappa shape index (κ3) is 4.95. The van der Waals surface area contributed by atoms with Gasteiger partial charge in [-0.25, -0.2) is 9.59 Å². The Kier molecular flexibility index (Phi) is 7.53. The Hall–Kier alpha value is -2.83. The van der Waals surface area contributed by atoms with E-state index in [1.807, 2.05) is 18.2 Å². The SMILES string of the molecule is CCOC(=O)O[C@H]1[C@@H]2C=C[C@@H](C2)[C@]1(NC(=O)c1ccccc1)C(=O)O[C@H]1C[C@@H](C)CC[C@@H]1C(C)C. The summed E-state index contributed by atoms with van der Waals surface area (Å²) in [6, 6.07) is 8.74. The van der Waals surface area contributed by atoms with E-state index in [9.17, 15) is 14.4 Å². The van der Waals surface area contributed by atoms with Crippen LogP contribution in [0.1, 0.15) is 63.7 Å². The predicted octanol–water partition coefficient (Wildman–Crippen LogP) is 4.91. The van der Waals surface area contributed by atoms with Crippen molar-refractivity contribution in [3.63, 3.8) is 0 Å². The molecule has 1 amide bonds. The van der Waals surface area contributed by atoms with Crippen molar-refractivity contribution >= 4 is 18.0 Å². The van der Waals surface area contributed by atoms with Gasteiger partial charge in [0.05, 0.1) is 6.61 Å². The highest BCUT2D eigenvalue weighted by Crippen LogP contribution is 2.50. The van der Waals surface area contributed by atoms with Crippen LogP contribution in [0.25, 0.3) is 0 Å². The van der Waals surface area contributed by atoms with Gasteiger partial charge in [-0.2, -0.15) is 0 Å². The molecule has 0 aromatic heterocycles. The maximum absolute atomic E-state index is 14.1. The van der Waals surface area contributed by atoms with Crippen molar-refractivity contribution in [3.8, 4) is 0 Å². The van der Waals surface area contributed by atoms with Gasteiger partial charge in [-0.1, -0.05) is 57.5 Å². The van der Waals surface area contributed by atoms with Gasteiger partial charge < -0.3 is 19.5 Å². The van der Waals surface area contributed by atoms with Crippen LogP contribution in [0.4, 0.5) is 4.79 Å². The summed E-state index contributed by atoms with van der Waals surface area (Å²) < 4.78 is 17.0. The van der Waals surface area contributed by atoms with Crippen LogP contribution in [0.15, 0.2) is 42.5 Å². The average Bonchev–Trinajstić information content (AvgIpc) is 3.41. The van der Waals surface area contributed by atoms with Crippen LogP contribution in [0.5, 0.6) is 0 Å². The minimum absolute atomic E-state index is 0.152. The normalized spacial score (nSPS) is 33.4. The van der Waals surface area contributed by atoms with Gasteiger partial charge in [0, 0.05) is 17.4 Å². The molecular weight excluding hydrogens is 446 g/mol. The van der Waals surface area contributed by atoms with E-state index in [-0.39, 0.29) is 30.5 Å². The molecule has 4 rings (SSSR count). The summed E-state index contributed by atoms with van der Waals surface area (Å²) in [6.07, 6.45) is 5.35. The first-order valence-corrected chi connectivity index (χ1v) is 12.9. The Morgan fingerprint density at radius 3 is 2.49 bits per heavy atom. The van der Waals surface area contributed by atoms with Crippen LogP contribution in [0.2, 0.25) is 0 Å². The van der Waals surface area contributed by atoms with E-state index >= 15 is 0 Å². The van der Waals surface area contributed by atoms with Gasteiger partial charge in [-0.3, -0.25) is 4.79 Å². The van der Waals surface area contributed by atoms with E-state index in [0.717, 1.165) is 19.3 Å². The van der Waals surface area contributed by atoms with Crippen LogP contribution in [-0.2, 0) is 19.0 Å². The first-order chi connectivity index (χ1) is 16.8. The van der Waals surface area contributed by atoms with Gasteiger partial charge in [0.1, 0.15) is 12.2 Å². The Bertz CT molecular complexity index is 959. The molecule has 190 valence electrons. The minimum Gasteiger partial charge on any atom is -0.460 e. The molecule has 0 unspecified atom stereocenters. The summed E-state index contributed by atoms with van der Waals surface area (Å²) in [5.41, 5.74) is -1.09. The number of nitrogens with one attached hydrogen (secondary N) is 1. The first-order valence-electron chi connectivity index (χ1n) is 12.9. The van der Waals surface area contributed by atoms with Gasteiger partial charge in [0.2, 0.25) is 0 Å². The molecule has 0 saturated heterocycles. The summed E-state index contributed by atoms with van der Waals surface area (Å²) in [7, 11) is 0. The second-order valence-corrected chi connectivity index (χ2v) is 10.6. The van der Waals surface area contributed by atoms with Crippen LogP contribution in [0, 0.1) is 29.6 Å². The van der Waals surface area contributed by atoms with Crippen LogP contribution >= 0.6 is 0 Å². The fourth-order valence-electron chi connectivity index (χ4n) is 6.09. The molecule has 1 aromatic rings. The lowest BCUT2D eigenvalue weighted by atomic mass is 9.75. The van der Waals surface area contributed by atoms with E-state index in [0.29, 0.717) is 23.8 Å². The number of ether oxygens (including phenoxy) is 3. The number of carbonyl (C=O) groups excluding carboxylic acids is 3. The Morgan fingerprint density at radius 1 is 1.06 bits per heavy atom. The van der Waals surface area contributed by atoms with Crippen molar-refractivity contribution in [3.05, 3.63) is 48.0 Å². The Morgan fingerprint density at radius 2 is 1.80 bits per heavy atom. The largest absolute Gasteiger partial charge is 0.508 e. The van der Waals surface area contributed by atoms with Gasteiger partial charge in [0.15, 0.2) is 5.54 Å². The van der Waals surface area contributed by atoms with Crippen molar-refractivity contribution in [2.24, 2.45) is 29.6 Å². The standard InChI is InChI=1S/C28H37NO6/c1-5-33-27(32)35-24-20-12-13-21(16-20)28(24,29-25(30)19-9-7-6-8-10-19)26(31)34-23-15-18(4)11-14-22(23)17(2)3/h6-10,12-13,17-18,20-24H,5,11,14-16H2,1-4H3,(H,29,30)/t18-,20+,21-,22+,23-,24-,28+/m0/s1. The fourth-order valence-corrected chi connectivity index (χ4v) is 6.09. The summed E-state index contributed by atoms with van der Waals surface area (Å²) >= 11 is 0. The second kappa shape index (κ2) is 10.4. The predicted molar refractivity (Wildman–Crippen MR) is 130 cm³/mol. The third-order valence-electron chi connectivity index (χ3n) is 7.94. The highest BCUT2D eigenvalue weighted by molar-refractivity contribution is 5.99. The molecule has 0 radical (unpaired) electrons. The van der Waals surface area contributed by atoms with Gasteiger partial charge in [-0.15, -0.1) is 0 Å². The number of hydrogen-bond acceptors (Lipinski definition) is 6. The number of benzene rings is 1. The molecule has 0 heterocycles. The molecular formula is C28H37NO6. The fraction of sp³-hybridized carbons (Fsp3) is 0.607. The average molecular weight is 484 g/mol. The maximum Gasteiger partial charge on any atom is 0.508 e. The van der Waals surface area contributed by atoms with Crippen LogP contribution in [0.3, 0.4) is 0 Å². The quantitative estimate of drug-likeness (QED) is 0.438. The van der Waals surface area contributed by atoms with Crippen LogP contribution in [-0.4, -0.2) is 42.4 Å². The molecule has 1 N–H and O–H groups in total. The molecule has 3 aliphatic rings. The number of rotatable bonds is 7. The lowest BCUT2D eigenvalue weighted by Gasteiger charge is -2.42. The van der Waals surface area contributed by atoms with E-state index in [4.69, 9.17) is 14.2 Å². The number of esters is 1. The molecule has 0 aliphatic heterocycles. The van der Waals surface area contributed by atoms with Crippen molar-refractivity contribution in [2.75, 3.05) is 6.61 Å². The molecule has 7 heteroatoms. The molecule has 7 atom stereocenters. The monoisotopic (exact) mass is 483 g/mol. The van der Waals surface area contributed by atoms with Crippen molar-refractivity contribution in [1.82, 2.24) is 5.32 Å². The summed E-state index contributed by atoms with van der Waals surface area (Å²) in [4.78, 5) is 39.8. The van der Waals surface area contributed by atoms with Gasteiger partial charge >= 0.3 is 12.1 Å². The van der Waals surface area contributed by atoms with Crippen molar-refractivity contribution < 1.29 is 28.6 Å². The Labute approximate surface area is 207 Å². The summed E-state index contributed by atoms with van der Waals surface area (Å²) in [6.45, 7) is 8.33. The topological polar surface area (TPSA) is 90.9 Å². The first kappa shape index (κ1) is 25.3. The number of hydrogen-bond donors (Lipinski definition) is 1. The van der Waals surface area contributed by atoms with Gasteiger partial charge in [-0.05, 0) is 56.1 Å². The number of carbonyl (C=O) groups is 3. The molecule has 35 heavy (non-hydrogen) atoms. The minimum atomic E-state index is -1.51. The number of amides is 1. The van der Waals surface area contributed by atoms with Crippen molar-refractivity contribution in [1.29, 1.82) is 0 Å². The van der Waals surface area contributed by atoms with E-state index in [1.165, 1.54) is 0 Å². The van der Waals surface area contributed by atoms with E-state index in [2.05, 4.69) is 26.1 Å². The zero-order chi connectivity index (χ0) is 25.2. The van der Waals surface area contributed by atoms with Gasteiger partial charge in [0.25, 0.3) is 5.91 Å². The summed E-state index contributed by atoms with van der Waals surface area (Å²) in [5.74, 6) is -0.428. The lowest BCUT2D eigenvalue weighted by molar-refractivity contribution is -0.170. The molecule has 3 aliphatic carbocycles. The smallest absolute Gasteiger partial charge is 0.460 e. The lowest BCUT2D eigenvalue weighted by Crippen LogP contribution is -2.66. The third-order valence-corrected chi connectivity index (χ3v) is 7.94. The van der Waals surface area contributed by atoms with Crippen LogP contribution < -0.4 is 5.32 Å². The van der Waals surface area contributed by atoms with E-state index < -0.39 is 29.7 Å². The molecule has 2 saturated carbocycles. The molecule has 2 fully saturated rings. The summed E-state index contributed by atoms with van der Waals surface area (Å²) in [5, 5.41) is 2.98. The second-order valence-electron chi connectivity index (χ2n) is 10.6. The zero-order valence-corrected chi connectivity index (χ0v) is 21.1. The molecule has 7 nitrogen and oxygen atoms in total. The molecule has 0 spiro atoms. The number of fused-ring (bicyclic) bond motifs is 2. The maximum atomic E-state index is 14.1. The highest BCUT2D eigenvalue weighted by atomic mass is 16.7. The highest BCUT2D eigenvalue weighted by Gasteiger charge is 2.65. The molecule has 2 bridgehead atoms. The van der Waals surface area contributed by atoms with E-state index in [1.54, 1.807) is 31.2 Å². The van der Waals surface area contributed by atoms with Crippen molar-refractivity contribution in [2.45, 2.75) is 71.1 Å². The Balaban J connectivity index is 1.68. The zero-order valence-electron chi connectivity index (χ0n) is 21.1.